The third-order valence-electron chi connectivity index (χ3n) is 11.4. The summed E-state index contributed by atoms with van der Waals surface area (Å²) in [6.45, 7) is 4.79. The van der Waals surface area contributed by atoms with E-state index in [4.69, 9.17) is 4.42 Å². The highest BCUT2D eigenvalue weighted by Gasteiger charge is 2.38. The smallest absolute Gasteiger partial charge is 0.136 e. The first-order valence-corrected chi connectivity index (χ1v) is 17.5. The van der Waals surface area contributed by atoms with Crippen LogP contribution in [0.5, 0.6) is 0 Å². The van der Waals surface area contributed by atoms with Gasteiger partial charge >= 0.3 is 0 Å². The van der Waals surface area contributed by atoms with E-state index < -0.39 is 0 Å². The van der Waals surface area contributed by atoms with Crippen LogP contribution in [0.1, 0.15) is 25.0 Å². The van der Waals surface area contributed by atoms with Crippen molar-refractivity contribution in [1.29, 1.82) is 0 Å². The Balaban J connectivity index is 1.23. The van der Waals surface area contributed by atoms with E-state index in [-0.39, 0.29) is 5.41 Å². The topological polar surface area (TPSA) is 13.1 Å². The summed E-state index contributed by atoms with van der Waals surface area (Å²) in [5, 5.41) is 12.5. The number of benzene rings is 9. The molecule has 0 radical (unpaired) electrons. The first-order valence-electron chi connectivity index (χ1n) is 17.5. The van der Waals surface area contributed by atoms with Crippen LogP contribution in [-0.4, -0.2) is 0 Å². The minimum absolute atomic E-state index is 0.125. The molecule has 1 aliphatic rings. The van der Waals surface area contributed by atoms with Crippen molar-refractivity contribution in [2.75, 3.05) is 0 Å². The summed E-state index contributed by atoms with van der Waals surface area (Å²) in [6, 6.07) is 58.1. The minimum atomic E-state index is -0.125. The van der Waals surface area contributed by atoms with Crippen LogP contribution in [0, 0.1) is 0 Å². The average Bonchev–Trinajstić information content (AvgIpc) is 3.65. The lowest BCUT2D eigenvalue weighted by Crippen LogP contribution is -2.15. The zero-order valence-corrected chi connectivity index (χ0v) is 27.9. The van der Waals surface area contributed by atoms with Crippen LogP contribution in [0.2, 0.25) is 0 Å². The maximum atomic E-state index is 6.42. The Morgan fingerprint density at radius 2 is 0.980 bits per heavy atom. The Labute approximate surface area is 290 Å². The maximum absolute atomic E-state index is 6.42. The van der Waals surface area contributed by atoms with Crippen LogP contribution in [0.25, 0.3) is 98.4 Å². The number of hydrogen-bond acceptors (Lipinski definition) is 1. The van der Waals surface area contributed by atoms with Crippen molar-refractivity contribution in [2.45, 2.75) is 19.3 Å². The van der Waals surface area contributed by atoms with Crippen LogP contribution in [0.4, 0.5) is 0 Å². The molecule has 1 aromatic heterocycles. The standard InChI is InChI=1S/C49H32O/c1-49(2)41-21-11-20-38(46(41)39-25-22-30-13-4-6-15-33(30)48(39)49)45-36-18-9-7-16-34(36)44(35-17-8-10-19-37(35)45)31-24-26-42-40(28-31)47-32-14-5-3-12-29(32)23-27-43(47)50-42/h3-28H,1-2H3. The van der Waals surface area contributed by atoms with Crippen molar-refractivity contribution < 1.29 is 4.42 Å². The van der Waals surface area contributed by atoms with Gasteiger partial charge in [-0.2, -0.15) is 0 Å². The number of fused-ring (bicyclic) bond motifs is 12. The van der Waals surface area contributed by atoms with Crippen molar-refractivity contribution in [2.24, 2.45) is 0 Å². The first-order chi connectivity index (χ1) is 24.6. The molecule has 1 nitrogen and oxygen atoms in total. The fraction of sp³-hybridized carbons (Fsp3) is 0.0612. The van der Waals surface area contributed by atoms with Gasteiger partial charge in [-0.15, -0.1) is 0 Å². The van der Waals surface area contributed by atoms with E-state index in [9.17, 15) is 0 Å². The summed E-state index contributed by atoms with van der Waals surface area (Å²) in [5.41, 5.74) is 12.3. The van der Waals surface area contributed by atoms with E-state index in [0.29, 0.717) is 0 Å². The molecule has 0 atom stereocenters. The van der Waals surface area contributed by atoms with Gasteiger partial charge in [-0.1, -0.05) is 153 Å². The molecule has 10 aromatic rings. The molecule has 234 valence electrons. The number of hydrogen-bond donors (Lipinski definition) is 0. The summed E-state index contributed by atoms with van der Waals surface area (Å²) in [4.78, 5) is 0. The summed E-state index contributed by atoms with van der Waals surface area (Å²) in [6.07, 6.45) is 0. The van der Waals surface area contributed by atoms with Crippen molar-refractivity contribution >= 4 is 65.0 Å². The molecule has 1 heterocycles. The van der Waals surface area contributed by atoms with E-state index in [1.54, 1.807) is 0 Å². The molecular weight excluding hydrogens is 605 g/mol. The molecule has 1 heteroatoms. The average molecular weight is 637 g/mol. The molecule has 11 rings (SSSR count). The predicted octanol–water partition coefficient (Wildman–Crippen LogP) is 13.8. The first kappa shape index (κ1) is 27.7. The Morgan fingerprint density at radius 1 is 0.400 bits per heavy atom. The summed E-state index contributed by atoms with van der Waals surface area (Å²) >= 11 is 0. The molecule has 0 fully saturated rings. The van der Waals surface area contributed by atoms with Crippen molar-refractivity contribution in [3.8, 4) is 33.4 Å². The number of furan rings is 1. The quantitative estimate of drug-likeness (QED) is 0.172. The molecule has 0 aliphatic heterocycles. The summed E-state index contributed by atoms with van der Waals surface area (Å²) in [5.74, 6) is 0. The predicted molar refractivity (Wildman–Crippen MR) is 212 cm³/mol. The zero-order valence-electron chi connectivity index (χ0n) is 27.9. The zero-order chi connectivity index (χ0) is 33.1. The number of rotatable bonds is 2. The lowest BCUT2D eigenvalue weighted by molar-refractivity contribution is 0.666. The fourth-order valence-corrected chi connectivity index (χ4v) is 9.29. The van der Waals surface area contributed by atoms with E-state index in [1.807, 2.05) is 0 Å². The molecule has 50 heavy (non-hydrogen) atoms. The van der Waals surface area contributed by atoms with Gasteiger partial charge in [0.1, 0.15) is 11.2 Å². The third-order valence-corrected chi connectivity index (χ3v) is 11.4. The monoisotopic (exact) mass is 636 g/mol. The van der Waals surface area contributed by atoms with Gasteiger partial charge in [0, 0.05) is 16.2 Å². The van der Waals surface area contributed by atoms with Crippen molar-refractivity contribution in [1.82, 2.24) is 0 Å². The van der Waals surface area contributed by atoms with Crippen molar-refractivity contribution in [3.63, 3.8) is 0 Å². The largest absolute Gasteiger partial charge is 0.456 e. The molecule has 0 bridgehead atoms. The van der Waals surface area contributed by atoms with Crippen LogP contribution in [-0.2, 0) is 5.41 Å². The van der Waals surface area contributed by atoms with Gasteiger partial charge in [-0.3, -0.25) is 0 Å². The Morgan fingerprint density at radius 3 is 1.70 bits per heavy atom. The summed E-state index contributed by atoms with van der Waals surface area (Å²) < 4.78 is 6.42. The fourth-order valence-electron chi connectivity index (χ4n) is 9.29. The highest BCUT2D eigenvalue weighted by Crippen LogP contribution is 2.56. The maximum Gasteiger partial charge on any atom is 0.136 e. The second-order valence-electron chi connectivity index (χ2n) is 14.4. The Hall–Kier alpha value is -6.18. The van der Waals surface area contributed by atoms with Crippen LogP contribution >= 0.6 is 0 Å². The van der Waals surface area contributed by atoms with Gasteiger partial charge in [0.25, 0.3) is 0 Å². The minimum Gasteiger partial charge on any atom is -0.456 e. The van der Waals surface area contributed by atoms with Crippen LogP contribution < -0.4 is 0 Å². The Kier molecular flexibility index (Phi) is 5.51. The molecule has 1 aliphatic carbocycles. The Bertz CT molecular complexity index is 3010. The highest BCUT2D eigenvalue weighted by molar-refractivity contribution is 6.25. The normalized spacial score (nSPS) is 13.6. The van der Waals surface area contributed by atoms with Crippen LogP contribution in [0.3, 0.4) is 0 Å². The van der Waals surface area contributed by atoms with Gasteiger partial charge in [-0.25, -0.2) is 0 Å². The SMILES string of the molecule is CC1(C)c2cccc(-c3c4ccccc4c(-c4ccc5oc6ccc7ccccc7c6c5c4)c4ccccc34)c2-c2ccc3ccccc3c21. The third kappa shape index (κ3) is 3.62. The molecule has 0 saturated heterocycles. The van der Waals surface area contributed by atoms with Gasteiger partial charge in [0.15, 0.2) is 0 Å². The molecule has 0 amide bonds. The van der Waals surface area contributed by atoms with Crippen molar-refractivity contribution in [3.05, 3.63) is 169 Å². The second kappa shape index (κ2) is 9.94. The molecule has 0 N–H and O–H groups in total. The van der Waals surface area contributed by atoms with E-state index in [2.05, 4.69) is 172 Å². The van der Waals surface area contributed by atoms with E-state index >= 15 is 0 Å². The molecular formula is C49H32O. The molecule has 0 saturated carbocycles. The van der Waals surface area contributed by atoms with E-state index in [0.717, 1.165) is 16.6 Å². The van der Waals surface area contributed by atoms with Gasteiger partial charge in [0.05, 0.1) is 0 Å². The van der Waals surface area contributed by atoms with Crippen LogP contribution in [0.15, 0.2) is 162 Å². The van der Waals surface area contributed by atoms with E-state index in [1.165, 1.54) is 93.0 Å². The molecule has 0 unspecified atom stereocenters. The van der Waals surface area contributed by atoms with Gasteiger partial charge in [-0.05, 0) is 106 Å². The molecule has 9 aromatic carbocycles. The lowest BCUT2D eigenvalue weighted by atomic mass is 9.79. The van der Waals surface area contributed by atoms with Gasteiger partial charge in [0.2, 0.25) is 0 Å². The van der Waals surface area contributed by atoms with Gasteiger partial charge < -0.3 is 4.42 Å². The molecule has 0 spiro atoms. The highest BCUT2D eigenvalue weighted by atomic mass is 16.3. The summed E-state index contributed by atoms with van der Waals surface area (Å²) in [7, 11) is 0. The lowest BCUT2D eigenvalue weighted by Gasteiger charge is -2.23. The second-order valence-corrected chi connectivity index (χ2v) is 14.4.